The highest BCUT2D eigenvalue weighted by Crippen LogP contribution is 2.31. The monoisotopic (exact) mass is 426 g/mol. The molecule has 4 rings (SSSR count). The van der Waals surface area contributed by atoms with E-state index in [2.05, 4.69) is 20.4 Å². The number of aromatic nitrogens is 3. The Kier molecular flexibility index (Phi) is 5.77. The SMILES string of the molecule is CCOc1ccc2nc(NC(=O)c3ccccc3SCc3noc(C)n3)sc2c1. The maximum absolute atomic E-state index is 12.9. The average Bonchev–Trinajstić information content (AvgIpc) is 3.31. The highest BCUT2D eigenvalue weighted by Gasteiger charge is 2.15. The number of aryl methyl sites for hydroxylation is 1. The number of carbonyl (C=O) groups is 1. The molecule has 0 unspecified atom stereocenters. The number of thioether (sulfide) groups is 1. The number of ether oxygens (including phenoxy) is 1. The van der Waals surface area contributed by atoms with E-state index in [1.807, 2.05) is 43.3 Å². The topological polar surface area (TPSA) is 90.1 Å². The van der Waals surface area contributed by atoms with Crippen molar-refractivity contribution in [1.82, 2.24) is 15.1 Å². The number of anilines is 1. The Bertz CT molecular complexity index is 1160. The molecule has 0 saturated heterocycles. The van der Waals surface area contributed by atoms with E-state index >= 15 is 0 Å². The highest BCUT2D eigenvalue weighted by atomic mass is 32.2. The number of thiazole rings is 1. The third-order valence-electron chi connectivity index (χ3n) is 3.95. The Hall–Kier alpha value is -2.91. The number of amides is 1. The van der Waals surface area contributed by atoms with Gasteiger partial charge < -0.3 is 9.26 Å². The van der Waals surface area contributed by atoms with E-state index in [0.29, 0.717) is 34.8 Å². The number of fused-ring (bicyclic) bond motifs is 1. The number of hydrogen-bond acceptors (Lipinski definition) is 8. The predicted molar refractivity (Wildman–Crippen MR) is 114 cm³/mol. The molecule has 0 radical (unpaired) electrons. The largest absolute Gasteiger partial charge is 0.494 e. The fraction of sp³-hybridized carbons (Fsp3) is 0.200. The fourth-order valence-corrected chi connectivity index (χ4v) is 4.48. The quantitative estimate of drug-likeness (QED) is 0.419. The molecule has 7 nitrogen and oxygen atoms in total. The van der Waals surface area contributed by atoms with Gasteiger partial charge in [0.2, 0.25) is 5.89 Å². The van der Waals surface area contributed by atoms with Crippen LogP contribution in [0.1, 0.15) is 29.0 Å². The van der Waals surface area contributed by atoms with E-state index in [0.717, 1.165) is 20.9 Å². The number of hydrogen-bond donors (Lipinski definition) is 1. The Labute approximate surface area is 175 Å². The summed E-state index contributed by atoms with van der Waals surface area (Å²) in [4.78, 5) is 22.4. The van der Waals surface area contributed by atoms with Crippen LogP contribution in [-0.4, -0.2) is 27.6 Å². The van der Waals surface area contributed by atoms with Crippen LogP contribution in [0.2, 0.25) is 0 Å². The van der Waals surface area contributed by atoms with E-state index in [9.17, 15) is 4.79 Å². The van der Waals surface area contributed by atoms with Gasteiger partial charge in [0.15, 0.2) is 11.0 Å². The molecule has 0 aliphatic carbocycles. The van der Waals surface area contributed by atoms with Crippen molar-refractivity contribution in [2.24, 2.45) is 0 Å². The van der Waals surface area contributed by atoms with Crippen LogP contribution < -0.4 is 10.1 Å². The maximum Gasteiger partial charge on any atom is 0.258 e. The molecule has 1 N–H and O–H groups in total. The first-order chi connectivity index (χ1) is 14.1. The van der Waals surface area contributed by atoms with Crippen LogP contribution in [0.4, 0.5) is 5.13 Å². The minimum absolute atomic E-state index is 0.207. The van der Waals surface area contributed by atoms with E-state index < -0.39 is 0 Å². The van der Waals surface area contributed by atoms with Crippen molar-refractivity contribution in [1.29, 1.82) is 0 Å². The lowest BCUT2D eigenvalue weighted by Crippen LogP contribution is -2.12. The summed E-state index contributed by atoms with van der Waals surface area (Å²) in [7, 11) is 0. The second kappa shape index (κ2) is 8.62. The summed E-state index contributed by atoms with van der Waals surface area (Å²) in [5.41, 5.74) is 1.40. The van der Waals surface area contributed by atoms with E-state index in [4.69, 9.17) is 9.26 Å². The van der Waals surface area contributed by atoms with Crippen molar-refractivity contribution in [2.75, 3.05) is 11.9 Å². The number of rotatable bonds is 7. The van der Waals surface area contributed by atoms with Crippen molar-refractivity contribution < 1.29 is 14.1 Å². The summed E-state index contributed by atoms with van der Waals surface area (Å²) in [5.74, 6) is 2.22. The number of carbonyl (C=O) groups excluding carboxylic acids is 1. The first-order valence-corrected chi connectivity index (χ1v) is 10.8. The van der Waals surface area contributed by atoms with Crippen molar-refractivity contribution in [3.8, 4) is 5.75 Å². The average molecular weight is 427 g/mol. The number of nitrogens with one attached hydrogen (secondary N) is 1. The first kappa shape index (κ1) is 19.4. The molecule has 29 heavy (non-hydrogen) atoms. The van der Waals surface area contributed by atoms with Gasteiger partial charge in [0.1, 0.15) is 5.75 Å². The molecule has 1 amide bonds. The van der Waals surface area contributed by atoms with Gasteiger partial charge >= 0.3 is 0 Å². The van der Waals surface area contributed by atoms with Crippen molar-refractivity contribution >= 4 is 44.4 Å². The smallest absolute Gasteiger partial charge is 0.258 e. The Morgan fingerprint density at radius 1 is 1.24 bits per heavy atom. The molecule has 4 aromatic rings. The van der Waals surface area contributed by atoms with Crippen LogP contribution in [0.3, 0.4) is 0 Å². The molecule has 9 heteroatoms. The van der Waals surface area contributed by atoms with Gasteiger partial charge in [0.25, 0.3) is 5.91 Å². The van der Waals surface area contributed by atoms with Crippen LogP contribution in [0, 0.1) is 6.92 Å². The minimum atomic E-state index is -0.207. The lowest BCUT2D eigenvalue weighted by atomic mass is 10.2. The Morgan fingerprint density at radius 2 is 2.10 bits per heavy atom. The van der Waals surface area contributed by atoms with Gasteiger partial charge in [-0.25, -0.2) is 4.98 Å². The summed E-state index contributed by atoms with van der Waals surface area (Å²) in [6.45, 7) is 4.29. The molecule has 0 aliphatic heterocycles. The van der Waals surface area contributed by atoms with Gasteiger partial charge in [-0.1, -0.05) is 28.6 Å². The number of benzene rings is 2. The zero-order valence-electron chi connectivity index (χ0n) is 15.8. The number of nitrogens with zero attached hydrogens (tertiary/aromatic N) is 3. The van der Waals surface area contributed by atoms with Crippen molar-refractivity contribution in [3.63, 3.8) is 0 Å². The van der Waals surface area contributed by atoms with Gasteiger partial charge in [0, 0.05) is 11.8 Å². The van der Waals surface area contributed by atoms with Gasteiger partial charge in [-0.3, -0.25) is 10.1 Å². The zero-order chi connectivity index (χ0) is 20.2. The summed E-state index contributed by atoms with van der Waals surface area (Å²) >= 11 is 2.90. The molecule has 2 aromatic carbocycles. The maximum atomic E-state index is 12.9. The molecule has 0 bridgehead atoms. The summed E-state index contributed by atoms with van der Waals surface area (Å²) < 4.78 is 11.5. The Morgan fingerprint density at radius 3 is 2.90 bits per heavy atom. The van der Waals surface area contributed by atoms with Crippen molar-refractivity contribution in [3.05, 3.63) is 59.7 Å². The third kappa shape index (κ3) is 4.57. The van der Waals surface area contributed by atoms with E-state index in [1.165, 1.54) is 23.1 Å². The second-order valence-electron chi connectivity index (χ2n) is 6.05. The molecule has 0 aliphatic rings. The molecular weight excluding hydrogens is 408 g/mol. The second-order valence-corrected chi connectivity index (χ2v) is 8.10. The molecule has 2 aromatic heterocycles. The summed E-state index contributed by atoms with van der Waals surface area (Å²) in [5, 5.41) is 7.35. The lowest BCUT2D eigenvalue weighted by Gasteiger charge is -2.07. The van der Waals surface area contributed by atoms with Crippen LogP contribution >= 0.6 is 23.1 Å². The first-order valence-electron chi connectivity index (χ1n) is 8.98. The minimum Gasteiger partial charge on any atom is -0.494 e. The molecule has 0 fully saturated rings. The zero-order valence-corrected chi connectivity index (χ0v) is 17.5. The molecule has 148 valence electrons. The molecule has 2 heterocycles. The van der Waals surface area contributed by atoms with Gasteiger partial charge in [0.05, 0.1) is 28.1 Å². The fourth-order valence-electron chi connectivity index (χ4n) is 2.70. The van der Waals surface area contributed by atoms with Crippen molar-refractivity contribution in [2.45, 2.75) is 24.5 Å². The summed E-state index contributed by atoms with van der Waals surface area (Å²) in [6, 6.07) is 13.1. The molecular formula is C20H18N4O3S2. The van der Waals surface area contributed by atoms with Crippen LogP contribution in [0.25, 0.3) is 10.2 Å². The van der Waals surface area contributed by atoms with Gasteiger partial charge in [-0.2, -0.15) is 4.98 Å². The van der Waals surface area contributed by atoms with Gasteiger partial charge in [-0.15, -0.1) is 11.8 Å². The highest BCUT2D eigenvalue weighted by molar-refractivity contribution is 7.98. The molecule has 0 atom stereocenters. The third-order valence-corrected chi connectivity index (χ3v) is 5.95. The molecule has 0 spiro atoms. The van der Waals surface area contributed by atoms with E-state index in [1.54, 1.807) is 13.0 Å². The van der Waals surface area contributed by atoms with E-state index in [-0.39, 0.29) is 5.91 Å². The van der Waals surface area contributed by atoms with Gasteiger partial charge in [-0.05, 0) is 37.3 Å². The lowest BCUT2D eigenvalue weighted by molar-refractivity contribution is 0.102. The predicted octanol–water partition coefficient (Wildman–Crippen LogP) is 4.93. The standard InChI is InChI=1S/C20H18N4O3S2/c1-3-26-13-8-9-15-17(10-13)29-20(22-15)23-19(25)14-6-4-5-7-16(14)28-11-18-21-12(2)27-24-18/h4-10H,3,11H2,1-2H3,(H,22,23,25). The van der Waals surface area contributed by atoms with Crippen LogP contribution in [0.5, 0.6) is 5.75 Å². The molecule has 0 saturated carbocycles. The van der Waals surface area contributed by atoms with Crippen LogP contribution in [-0.2, 0) is 5.75 Å². The normalized spacial score (nSPS) is 11.0. The Balaban J connectivity index is 1.50. The van der Waals surface area contributed by atoms with Crippen LogP contribution in [0.15, 0.2) is 51.9 Å². The summed E-state index contributed by atoms with van der Waals surface area (Å²) in [6.07, 6.45) is 0.